The molecule has 9 aromatic carbocycles. The zero-order valence-electron chi connectivity index (χ0n) is 28.1. The summed E-state index contributed by atoms with van der Waals surface area (Å²) in [6.07, 6.45) is 0.927. The van der Waals surface area contributed by atoms with Gasteiger partial charge in [-0.05, 0) is 95.9 Å². The minimum Gasteiger partial charge on any atom is -0.135 e. The summed E-state index contributed by atoms with van der Waals surface area (Å²) in [6, 6.07) is 69.6. The fourth-order valence-electron chi connectivity index (χ4n) is 8.08. The molecule has 0 bridgehead atoms. The molecule has 240 valence electrons. The fourth-order valence-corrected chi connectivity index (χ4v) is 9.35. The van der Waals surface area contributed by atoms with Gasteiger partial charge >= 0.3 is 0 Å². The number of hydrogen-bond donors (Lipinski definition) is 0. The normalized spacial score (nSPS) is 12.3. The average Bonchev–Trinajstić information content (AvgIpc) is 3.59. The Bertz CT molecular complexity index is 2880. The highest BCUT2D eigenvalue weighted by atomic mass is 32.1. The van der Waals surface area contributed by atoms with Crippen LogP contribution in [-0.2, 0) is 6.42 Å². The largest absolute Gasteiger partial charge is 0.135 e. The summed E-state index contributed by atoms with van der Waals surface area (Å²) < 4.78 is 2.74. The Kier molecular flexibility index (Phi) is 7.25. The first-order chi connectivity index (χ1) is 25.3. The fraction of sp³-hybridized carbons (Fsp3) is 0.0400. The second-order valence-corrected chi connectivity index (χ2v) is 14.7. The van der Waals surface area contributed by atoms with Crippen LogP contribution in [0.5, 0.6) is 0 Å². The van der Waals surface area contributed by atoms with Crippen LogP contribution in [-0.4, -0.2) is 0 Å². The maximum Gasteiger partial charge on any atom is 0.0393 e. The maximum absolute atomic E-state index is 2.41. The number of hydrogen-bond acceptors (Lipinski definition) is 1. The molecule has 1 atom stereocenters. The SMILES string of the molecule is c1ccc(-c2cc3ccc(-c4ccc(CC(c5ccc6ccccc6c5)c5cccc6c5sc5ccccc56)cc4)cc3c3ccccc23)cc1. The van der Waals surface area contributed by atoms with Crippen molar-refractivity contribution in [2.45, 2.75) is 12.3 Å². The van der Waals surface area contributed by atoms with E-state index in [0.717, 1.165) is 6.42 Å². The quantitative estimate of drug-likeness (QED) is 0.155. The lowest BCUT2D eigenvalue weighted by molar-refractivity contribution is 0.815. The minimum atomic E-state index is 0.225. The van der Waals surface area contributed by atoms with Gasteiger partial charge in [0.2, 0.25) is 0 Å². The molecule has 0 fully saturated rings. The van der Waals surface area contributed by atoms with E-state index in [4.69, 9.17) is 0 Å². The Labute approximate surface area is 301 Å². The van der Waals surface area contributed by atoms with Crippen molar-refractivity contribution in [1.29, 1.82) is 0 Å². The molecule has 0 N–H and O–H groups in total. The Hall–Kier alpha value is -6.02. The second-order valence-electron chi connectivity index (χ2n) is 13.7. The molecule has 0 nitrogen and oxygen atoms in total. The third kappa shape index (κ3) is 5.30. The van der Waals surface area contributed by atoms with Crippen LogP contribution < -0.4 is 0 Å². The molecule has 0 spiro atoms. The molecular formula is C50H34S. The van der Waals surface area contributed by atoms with Gasteiger partial charge in [0, 0.05) is 26.1 Å². The number of rotatable bonds is 6. The number of fused-ring (bicyclic) bond motifs is 7. The second kappa shape index (κ2) is 12.4. The molecule has 1 heteroatoms. The first kappa shape index (κ1) is 29.9. The summed E-state index contributed by atoms with van der Waals surface area (Å²) >= 11 is 1.93. The first-order valence-corrected chi connectivity index (χ1v) is 18.6. The van der Waals surface area contributed by atoms with Crippen molar-refractivity contribution < 1.29 is 0 Å². The Morgan fingerprint density at radius 3 is 1.94 bits per heavy atom. The van der Waals surface area contributed by atoms with Gasteiger partial charge in [-0.1, -0.05) is 170 Å². The van der Waals surface area contributed by atoms with E-state index in [1.165, 1.54) is 91.4 Å². The highest BCUT2D eigenvalue weighted by Gasteiger charge is 2.20. The molecule has 1 aromatic heterocycles. The van der Waals surface area contributed by atoms with Gasteiger partial charge in [0.15, 0.2) is 0 Å². The van der Waals surface area contributed by atoms with Crippen molar-refractivity contribution >= 4 is 63.8 Å². The summed E-state index contributed by atoms with van der Waals surface area (Å²) in [5, 5.41) is 10.4. The highest BCUT2D eigenvalue weighted by Crippen LogP contribution is 2.42. The van der Waals surface area contributed by atoms with E-state index in [-0.39, 0.29) is 5.92 Å². The predicted molar refractivity (Wildman–Crippen MR) is 221 cm³/mol. The minimum absolute atomic E-state index is 0.225. The summed E-state index contributed by atoms with van der Waals surface area (Å²) in [5.74, 6) is 0.225. The Morgan fingerprint density at radius 2 is 1.08 bits per heavy atom. The van der Waals surface area contributed by atoms with Crippen LogP contribution >= 0.6 is 11.3 Å². The molecule has 0 aliphatic heterocycles. The van der Waals surface area contributed by atoms with Crippen molar-refractivity contribution in [3.63, 3.8) is 0 Å². The molecule has 0 radical (unpaired) electrons. The molecule has 0 saturated carbocycles. The molecule has 1 unspecified atom stereocenters. The van der Waals surface area contributed by atoms with Gasteiger partial charge in [-0.3, -0.25) is 0 Å². The Balaban J connectivity index is 1.04. The van der Waals surface area contributed by atoms with Gasteiger partial charge in [0.25, 0.3) is 0 Å². The number of thiophene rings is 1. The van der Waals surface area contributed by atoms with Gasteiger partial charge < -0.3 is 0 Å². The number of benzene rings is 9. The highest BCUT2D eigenvalue weighted by molar-refractivity contribution is 7.26. The van der Waals surface area contributed by atoms with E-state index < -0.39 is 0 Å². The third-order valence-corrected chi connectivity index (χ3v) is 11.9. The molecule has 0 saturated heterocycles. The molecule has 0 aliphatic rings. The van der Waals surface area contributed by atoms with Gasteiger partial charge in [0.05, 0.1) is 0 Å². The van der Waals surface area contributed by atoms with Crippen molar-refractivity contribution in [2.75, 3.05) is 0 Å². The van der Waals surface area contributed by atoms with Crippen LogP contribution in [0, 0.1) is 0 Å². The lowest BCUT2D eigenvalue weighted by Crippen LogP contribution is -2.05. The standard InChI is InChI=1S/C50H34S/c1-2-12-36(13-3-1)47-32-40-28-26-38(31-48(40)42-16-7-6-15-41(42)47)35-23-21-33(22-24-35)29-46(39-27-25-34-11-4-5-14-37(34)30-39)45-19-10-18-44-43-17-8-9-20-49(43)51-50(44)45/h1-28,30-32,46H,29H2. The molecule has 10 rings (SSSR count). The molecule has 10 aromatic rings. The summed E-state index contributed by atoms with van der Waals surface area (Å²) in [7, 11) is 0. The maximum atomic E-state index is 2.41. The van der Waals surface area contributed by atoms with E-state index in [9.17, 15) is 0 Å². The van der Waals surface area contributed by atoms with Gasteiger partial charge in [-0.25, -0.2) is 0 Å². The van der Waals surface area contributed by atoms with Gasteiger partial charge in [0.1, 0.15) is 0 Å². The Morgan fingerprint density at radius 1 is 0.392 bits per heavy atom. The van der Waals surface area contributed by atoms with Crippen molar-refractivity contribution in [3.05, 3.63) is 205 Å². The molecule has 51 heavy (non-hydrogen) atoms. The van der Waals surface area contributed by atoms with Crippen LogP contribution in [0.4, 0.5) is 0 Å². The van der Waals surface area contributed by atoms with Crippen LogP contribution in [0.25, 0.3) is 74.7 Å². The lowest BCUT2D eigenvalue weighted by atomic mass is 9.84. The van der Waals surface area contributed by atoms with Crippen molar-refractivity contribution in [2.24, 2.45) is 0 Å². The van der Waals surface area contributed by atoms with Crippen LogP contribution in [0.2, 0.25) is 0 Å². The van der Waals surface area contributed by atoms with E-state index >= 15 is 0 Å². The monoisotopic (exact) mass is 666 g/mol. The van der Waals surface area contributed by atoms with E-state index in [1.807, 2.05) is 11.3 Å². The van der Waals surface area contributed by atoms with E-state index in [1.54, 1.807) is 0 Å². The van der Waals surface area contributed by atoms with Crippen LogP contribution in [0.15, 0.2) is 188 Å². The summed E-state index contributed by atoms with van der Waals surface area (Å²) in [4.78, 5) is 0. The smallest absolute Gasteiger partial charge is 0.0393 e. The van der Waals surface area contributed by atoms with E-state index in [2.05, 4.69) is 188 Å². The molecule has 0 amide bonds. The third-order valence-electron chi connectivity index (χ3n) is 10.7. The molecule has 1 heterocycles. The van der Waals surface area contributed by atoms with E-state index in [0.29, 0.717) is 0 Å². The topological polar surface area (TPSA) is 0 Å². The zero-order valence-corrected chi connectivity index (χ0v) is 28.9. The summed E-state index contributed by atoms with van der Waals surface area (Å²) in [5.41, 5.74) is 9.12. The van der Waals surface area contributed by atoms with Gasteiger partial charge in [-0.2, -0.15) is 0 Å². The molecule has 0 aliphatic carbocycles. The summed E-state index contributed by atoms with van der Waals surface area (Å²) in [6.45, 7) is 0. The van der Waals surface area contributed by atoms with Crippen molar-refractivity contribution in [3.8, 4) is 22.3 Å². The molecular weight excluding hydrogens is 633 g/mol. The zero-order chi connectivity index (χ0) is 33.7. The van der Waals surface area contributed by atoms with Crippen LogP contribution in [0.3, 0.4) is 0 Å². The lowest BCUT2D eigenvalue weighted by Gasteiger charge is -2.20. The van der Waals surface area contributed by atoms with Gasteiger partial charge in [-0.15, -0.1) is 11.3 Å². The average molecular weight is 667 g/mol. The van der Waals surface area contributed by atoms with Crippen molar-refractivity contribution in [1.82, 2.24) is 0 Å². The predicted octanol–water partition coefficient (Wildman–Crippen LogP) is 14.2. The van der Waals surface area contributed by atoms with Crippen LogP contribution in [0.1, 0.15) is 22.6 Å². The first-order valence-electron chi connectivity index (χ1n) is 17.8.